The monoisotopic (exact) mass is 660 g/mol. The summed E-state index contributed by atoms with van der Waals surface area (Å²) in [4.78, 5) is 29.2. The minimum Gasteiger partial charge on any atom is -0.478 e. The molecule has 9 heteroatoms. The molecule has 4 aromatic carbocycles. The van der Waals surface area contributed by atoms with E-state index in [4.69, 9.17) is 9.47 Å². The fourth-order valence-corrected chi connectivity index (χ4v) is 7.01. The zero-order chi connectivity index (χ0) is 33.5. The number of benzene rings is 4. The standard InChI is InChI=1S/C39H36N2O6S/c1-25-34(24-48-35-11-5-4-10-33(35)38(44)45)46-39(47-36(25)28-14-12-26(23-42)13-15-28)29-18-16-27(17-19-29)32-9-3-2-7-30(32)22-41-37(43)31-8-6-20-40-21-31/h2-21,25,34,36,39,42H,22-24H2,1H3,(H,41,43)(H,44,45)/t25-,34+,36+,39+/m1/s1. The first-order valence-electron chi connectivity index (χ1n) is 15.7. The Morgan fingerprint density at radius 3 is 2.31 bits per heavy atom. The molecular formula is C39H36N2O6S. The molecule has 5 aromatic rings. The first kappa shape index (κ1) is 33.1. The van der Waals surface area contributed by atoms with E-state index >= 15 is 0 Å². The van der Waals surface area contributed by atoms with E-state index in [1.165, 1.54) is 11.8 Å². The van der Waals surface area contributed by atoms with Gasteiger partial charge in [0.25, 0.3) is 5.91 Å². The van der Waals surface area contributed by atoms with Crippen molar-refractivity contribution in [1.29, 1.82) is 0 Å². The Morgan fingerprint density at radius 1 is 0.854 bits per heavy atom. The SMILES string of the molecule is C[C@@H]1[C@H](CSc2ccccc2C(=O)O)O[C@H](c2ccc(-c3ccccc3CNC(=O)c3cccnc3)cc2)O[C@@H]1c1ccc(CO)cc1. The van der Waals surface area contributed by atoms with Crippen LogP contribution < -0.4 is 5.32 Å². The second-order valence-electron chi connectivity index (χ2n) is 11.6. The average Bonchev–Trinajstić information content (AvgIpc) is 3.14. The fourth-order valence-electron chi connectivity index (χ4n) is 5.80. The van der Waals surface area contributed by atoms with Crippen LogP contribution in [-0.4, -0.2) is 38.9 Å². The van der Waals surface area contributed by atoms with Crippen molar-refractivity contribution in [2.75, 3.05) is 5.75 Å². The highest BCUT2D eigenvalue weighted by Gasteiger charge is 2.38. The summed E-state index contributed by atoms with van der Waals surface area (Å²) in [5.41, 5.74) is 6.39. The van der Waals surface area contributed by atoms with E-state index < -0.39 is 12.3 Å². The summed E-state index contributed by atoms with van der Waals surface area (Å²) in [6, 6.07) is 34.2. The van der Waals surface area contributed by atoms with Crippen molar-refractivity contribution in [3.8, 4) is 11.1 Å². The number of pyridine rings is 1. The van der Waals surface area contributed by atoms with E-state index in [-0.39, 0.29) is 36.2 Å². The Bertz CT molecular complexity index is 1850. The first-order chi connectivity index (χ1) is 23.4. The highest BCUT2D eigenvalue weighted by molar-refractivity contribution is 7.99. The summed E-state index contributed by atoms with van der Waals surface area (Å²) in [7, 11) is 0. The molecule has 1 aromatic heterocycles. The van der Waals surface area contributed by atoms with Crippen LogP contribution in [0.5, 0.6) is 0 Å². The third-order valence-corrected chi connectivity index (χ3v) is 9.68. The summed E-state index contributed by atoms with van der Waals surface area (Å²) < 4.78 is 13.2. The van der Waals surface area contributed by atoms with Gasteiger partial charge in [0.15, 0.2) is 6.29 Å². The second kappa shape index (κ2) is 15.4. The molecule has 48 heavy (non-hydrogen) atoms. The lowest BCUT2D eigenvalue weighted by Crippen LogP contribution is -2.38. The van der Waals surface area contributed by atoms with Crippen LogP contribution in [0, 0.1) is 5.92 Å². The maximum atomic E-state index is 12.7. The van der Waals surface area contributed by atoms with Gasteiger partial charge in [0, 0.05) is 41.1 Å². The lowest BCUT2D eigenvalue weighted by Gasteiger charge is -2.41. The molecule has 4 atom stereocenters. The van der Waals surface area contributed by atoms with Crippen molar-refractivity contribution in [3.63, 3.8) is 0 Å². The normalized spacial score (nSPS) is 19.0. The molecule has 0 unspecified atom stereocenters. The van der Waals surface area contributed by atoms with Gasteiger partial charge in [-0.15, -0.1) is 11.8 Å². The van der Waals surface area contributed by atoms with Crippen LogP contribution in [0.4, 0.5) is 0 Å². The van der Waals surface area contributed by atoms with Crippen LogP contribution in [0.2, 0.25) is 0 Å². The van der Waals surface area contributed by atoms with Crippen LogP contribution >= 0.6 is 11.8 Å². The number of carboxylic acids is 1. The van der Waals surface area contributed by atoms with Gasteiger partial charge in [0.1, 0.15) is 0 Å². The molecule has 0 spiro atoms. The number of aromatic nitrogens is 1. The maximum Gasteiger partial charge on any atom is 0.336 e. The summed E-state index contributed by atoms with van der Waals surface area (Å²) in [5.74, 6) is -0.656. The Labute approximate surface area is 283 Å². The number of nitrogens with one attached hydrogen (secondary N) is 1. The Hall–Kier alpha value is -4.80. The van der Waals surface area contributed by atoms with Gasteiger partial charge in [-0.3, -0.25) is 9.78 Å². The molecule has 0 bridgehead atoms. The summed E-state index contributed by atoms with van der Waals surface area (Å²) >= 11 is 1.46. The zero-order valence-electron chi connectivity index (χ0n) is 26.4. The van der Waals surface area contributed by atoms with E-state index in [0.717, 1.165) is 33.4 Å². The molecule has 0 radical (unpaired) electrons. The summed E-state index contributed by atoms with van der Waals surface area (Å²) in [5, 5.41) is 22.3. The lowest BCUT2D eigenvalue weighted by molar-refractivity contribution is -0.268. The van der Waals surface area contributed by atoms with Crippen molar-refractivity contribution < 1.29 is 29.3 Å². The number of amides is 1. The van der Waals surface area contributed by atoms with Gasteiger partial charge in [-0.1, -0.05) is 91.9 Å². The first-order valence-corrected chi connectivity index (χ1v) is 16.7. The predicted octanol–water partition coefficient (Wildman–Crippen LogP) is 7.45. The van der Waals surface area contributed by atoms with Gasteiger partial charge in [-0.05, 0) is 52.1 Å². The highest BCUT2D eigenvalue weighted by Crippen LogP contribution is 2.43. The third-order valence-electron chi connectivity index (χ3n) is 8.52. The molecule has 2 heterocycles. The zero-order valence-corrected chi connectivity index (χ0v) is 27.2. The molecule has 1 aliphatic rings. The Kier molecular flexibility index (Phi) is 10.6. The van der Waals surface area contributed by atoms with Gasteiger partial charge in [0.05, 0.1) is 29.9 Å². The molecule has 1 amide bonds. The number of thioether (sulfide) groups is 1. The second-order valence-corrected chi connectivity index (χ2v) is 12.7. The van der Waals surface area contributed by atoms with E-state index in [1.807, 2.05) is 84.9 Å². The molecule has 0 saturated carbocycles. The molecule has 1 fully saturated rings. The smallest absolute Gasteiger partial charge is 0.336 e. The number of carbonyl (C=O) groups excluding carboxylic acids is 1. The van der Waals surface area contributed by atoms with Crippen LogP contribution in [0.3, 0.4) is 0 Å². The van der Waals surface area contributed by atoms with Crippen molar-refractivity contribution in [2.24, 2.45) is 5.92 Å². The lowest BCUT2D eigenvalue weighted by atomic mass is 9.91. The number of aliphatic hydroxyl groups is 1. The Balaban J connectivity index is 1.22. The van der Waals surface area contributed by atoms with Crippen molar-refractivity contribution >= 4 is 23.6 Å². The predicted molar refractivity (Wildman–Crippen MR) is 184 cm³/mol. The molecule has 6 rings (SSSR count). The van der Waals surface area contributed by atoms with Gasteiger partial charge in [-0.2, -0.15) is 0 Å². The molecular weight excluding hydrogens is 625 g/mol. The van der Waals surface area contributed by atoms with Gasteiger partial charge in [0.2, 0.25) is 0 Å². The molecule has 8 nitrogen and oxygen atoms in total. The number of hydrogen-bond donors (Lipinski definition) is 3. The highest BCUT2D eigenvalue weighted by atomic mass is 32.2. The fraction of sp³-hybridized carbons (Fsp3) is 0.205. The van der Waals surface area contributed by atoms with E-state index in [0.29, 0.717) is 22.8 Å². The Morgan fingerprint density at radius 2 is 1.58 bits per heavy atom. The van der Waals surface area contributed by atoms with Gasteiger partial charge < -0.3 is 25.0 Å². The van der Waals surface area contributed by atoms with Crippen molar-refractivity contribution in [3.05, 3.63) is 155 Å². The van der Waals surface area contributed by atoms with Crippen LogP contribution in [0.15, 0.2) is 126 Å². The number of aliphatic hydroxyl groups excluding tert-OH is 1. The van der Waals surface area contributed by atoms with Crippen LogP contribution in [-0.2, 0) is 22.6 Å². The van der Waals surface area contributed by atoms with Crippen molar-refractivity contribution in [2.45, 2.75) is 43.5 Å². The summed E-state index contributed by atoms with van der Waals surface area (Å²) in [6.45, 7) is 2.41. The van der Waals surface area contributed by atoms with Gasteiger partial charge >= 0.3 is 5.97 Å². The molecule has 3 N–H and O–H groups in total. The maximum absolute atomic E-state index is 12.7. The summed E-state index contributed by atoms with van der Waals surface area (Å²) in [6.07, 6.45) is 1.98. The van der Waals surface area contributed by atoms with E-state index in [9.17, 15) is 19.8 Å². The van der Waals surface area contributed by atoms with Crippen LogP contribution in [0.25, 0.3) is 11.1 Å². The molecule has 0 aliphatic carbocycles. The quantitative estimate of drug-likeness (QED) is 0.125. The molecule has 244 valence electrons. The third kappa shape index (κ3) is 7.67. The number of ether oxygens (including phenoxy) is 2. The molecule has 1 saturated heterocycles. The number of aromatic carboxylic acids is 1. The topological polar surface area (TPSA) is 118 Å². The van der Waals surface area contributed by atoms with Crippen LogP contribution in [0.1, 0.15) is 62.3 Å². The average molecular weight is 661 g/mol. The molecule has 1 aliphatic heterocycles. The number of rotatable bonds is 11. The number of carboxylic acid groups (broad SMARTS) is 1. The number of carbonyl (C=O) groups is 2. The van der Waals surface area contributed by atoms with E-state index in [2.05, 4.69) is 17.2 Å². The number of nitrogens with zero attached hydrogens (tertiary/aromatic N) is 1. The minimum atomic E-state index is -0.962. The van der Waals surface area contributed by atoms with Crippen molar-refractivity contribution in [1.82, 2.24) is 10.3 Å². The number of hydrogen-bond acceptors (Lipinski definition) is 7. The van der Waals surface area contributed by atoms with E-state index in [1.54, 1.807) is 36.7 Å². The van der Waals surface area contributed by atoms with Gasteiger partial charge in [-0.25, -0.2) is 4.79 Å². The largest absolute Gasteiger partial charge is 0.478 e. The minimum absolute atomic E-state index is 0.0400.